The van der Waals surface area contributed by atoms with Gasteiger partial charge in [-0.05, 0) is 12.8 Å². The number of rotatable bonds is 5. The average molecular weight is 284 g/mol. The number of hydrogen-bond donors (Lipinski definition) is 0. The summed E-state index contributed by atoms with van der Waals surface area (Å²) in [6.07, 6.45) is 4.07. The molecular weight excluding hydrogens is 264 g/mol. The second-order valence-corrected chi connectivity index (χ2v) is 4.02. The molecule has 1 nitrogen and oxygen atoms in total. The van der Waals surface area contributed by atoms with Gasteiger partial charge in [-0.15, -0.1) is 0 Å². The van der Waals surface area contributed by atoms with E-state index >= 15 is 0 Å². The van der Waals surface area contributed by atoms with Gasteiger partial charge in [0.25, 0.3) is 0 Å². The van der Waals surface area contributed by atoms with E-state index in [0.29, 0.717) is 6.42 Å². The smallest absolute Gasteiger partial charge is 0.108 e. The molecule has 0 amide bonds. The third kappa shape index (κ3) is 7.26. The Morgan fingerprint density at radius 1 is 1.00 bits per heavy atom. The van der Waals surface area contributed by atoms with Gasteiger partial charge in [-0.1, -0.05) is 25.3 Å². The van der Waals surface area contributed by atoms with Crippen LogP contribution in [0.5, 0.6) is 0 Å². The minimum atomic E-state index is 0. The zero-order valence-corrected chi connectivity index (χ0v) is 11.9. The summed E-state index contributed by atoms with van der Waals surface area (Å²) in [5, 5.41) is 0. The van der Waals surface area contributed by atoms with Crippen molar-refractivity contribution in [2.24, 2.45) is 0 Å². The average Bonchev–Trinajstić information content (AvgIpc) is 3.05. The molecule has 0 spiro atoms. The molecule has 0 aromatic heterocycles. The summed E-state index contributed by atoms with van der Waals surface area (Å²) in [4.78, 5) is 11.4. The van der Waals surface area contributed by atoms with E-state index in [1.807, 2.05) is 54.6 Å². The molecule has 18 heavy (non-hydrogen) atoms. The van der Waals surface area contributed by atoms with E-state index in [0.717, 1.165) is 18.4 Å². The van der Waals surface area contributed by atoms with Crippen LogP contribution in [-0.2, 0) is 17.1 Å². The molecule has 2 heteroatoms. The van der Waals surface area contributed by atoms with Crippen LogP contribution in [0.15, 0.2) is 54.6 Å². The maximum atomic E-state index is 11.4. The molecule has 0 aliphatic heterocycles. The fourth-order valence-corrected chi connectivity index (χ4v) is 1.56. The summed E-state index contributed by atoms with van der Waals surface area (Å²) in [7, 11) is 0. The zero-order valence-electron chi connectivity index (χ0n) is 10.8. The van der Waals surface area contributed by atoms with Gasteiger partial charge in [0.05, 0.1) is 0 Å². The number of unbranched alkanes of at least 4 members (excludes halogenated alkanes) is 2. The van der Waals surface area contributed by atoms with Crippen LogP contribution < -0.4 is 0 Å². The monoisotopic (exact) mass is 284 g/mol. The zero-order chi connectivity index (χ0) is 12.3. The van der Waals surface area contributed by atoms with Crippen molar-refractivity contribution in [1.29, 1.82) is 0 Å². The fraction of sp³-hybridized carbons (Fsp3) is 0.312. The maximum Gasteiger partial charge on any atom is 0.108 e. The first-order valence-electron chi connectivity index (χ1n) is 6.26. The molecule has 0 unspecified atom stereocenters. The van der Waals surface area contributed by atoms with Crippen molar-refractivity contribution in [2.75, 3.05) is 0 Å². The van der Waals surface area contributed by atoms with Crippen molar-refractivity contribution in [1.82, 2.24) is 0 Å². The van der Waals surface area contributed by atoms with Crippen LogP contribution >= 0.6 is 0 Å². The Kier molecular flexibility index (Phi) is 10.3. The van der Waals surface area contributed by atoms with Crippen LogP contribution in [0.25, 0.3) is 0 Å². The van der Waals surface area contributed by atoms with Crippen LogP contribution in [-0.4, -0.2) is 5.78 Å². The first-order valence-corrected chi connectivity index (χ1v) is 6.26. The van der Waals surface area contributed by atoms with Gasteiger partial charge in [-0.25, -0.2) is 12.1 Å². The fourth-order valence-electron chi connectivity index (χ4n) is 1.56. The van der Waals surface area contributed by atoms with E-state index in [1.165, 1.54) is 6.42 Å². The predicted octanol–water partition coefficient (Wildman–Crippen LogP) is 4.57. The van der Waals surface area contributed by atoms with Crippen LogP contribution in [0.4, 0.5) is 0 Å². The van der Waals surface area contributed by atoms with Crippen molar-refractivity contribution in [2.45, 2.75) is 32.6 Å². The van der Waals surface area contributed by atoms with Crippen LogP contribution in [0, 0.1) is 0 Å². The maximum absolute atomic E-state index is 11.4. The molecule has 0 saturated heterocycles. The van der Waals surface area contributed by atoms with Gasteiger partial charge in [0.15, 0.2) is 0 Å². The van der Waals surface area contributed by atoms with Gasteiger partial charge in [0.2, 0.25) is 0 Å². The van der Waals surface area contributed by atoms with Crippen LogP contribution in [0.1, 0.15) is 43.0 Å². The van der Waals surface area contributed by atoms with Gasteiger partial charge in [0.1, 0.15) is 5.78 Å². The largest absolute Gasteiger partial charge is 0.748 e. The van der Waals surface area contributed by atoms with E-state index in [4.69, 9.17) is 0 Å². The molecule has 2 rings (SSSR count). The Morgan fingerprint density at radius 3 is 1.94 bits per heavy atom. The van der Waals surface area contributed by atoms with Gasteiger partial charge in [-0.2, -0.15) is 12.1 Å². The standard InChI is InChI=1S/C11H15O.C5H5.Fe/c1-2-3-4-9-11(12)10-7-5-6-8-10;1-2-4-5-3-1;/h5-8H,2-4,9H2,1H3;1-5H;/q-1;-5;. The molecule has 0 aliphatic rings. The second-order valence-electron chi connectivity index (χ2n) is 4.02. The molecule has 0 aliphatic carbocycles. The van der Waals surface area contributed by atoms with Crippen molar-refractivity contribution in [3.8, 4) is 0 Å². The Bertz CT molecular complexity index is 356. The summed E-state index contributed by atoms with van der Waals surface area (Å²) in [6.45, 7) is 2.15. The topological polar surface area (TPSA) is 17.1 Å². The molecule has 2 aromatic rings. The summed E-state index contributed by atoms with van der Waals surface area (Å²) >= 11 is 0. The molecule has 104 valence electrons. The quantitative estimate of drug-likeness (QED) is 0.340. The van der Waals surface area contributed by atoms with Gasteiger partial charge < -0.3 is 35.1 Å². The number of Topliss-reactive ketones (excluding diaryl/α,β-unsaturated/α-hetero) is 1. The summed E-state index contributed by atoms with van der Waals surface area (Å²) in [5.41, 5.74) is 0.867. The SMILES string of the molecule is CCCCCC(=O)[c-]1cccc1.[Fe].[cH-]1[cH-][cH-][cH-][cH-]1. The predicted molar refractivity (Wildman–Crippen MR) is 72.5 cm³/mol. The van der Waals surface area contributed by atoms with Crippen molar-refractivity contribution >= 4 is 5.78 Å². The number of ketones is 1. The van der Waals surface area contributed by atoms with E-state index < -0.39 is 0 Å². The first kappa shape index (κ1) is 16.9. The van der Waals surface area contributed by atoms with Crippen LogP contribution in [0.2, 0.25) is 0 Å². The molecule has 0 bridgehead atoms. The van der Waals surface area contributed by atoms with Crippen molar-refractivity contribution in [3.05, 3.63) is 60.2 Å². The number of carbonyl (C=O) groups is 1. The molecule has 0 radical (unpaired) electrons. The summed E-state index contributed by atoms with van der Waals surface area (Å²) in [5.74, 6) is 0.286. The Balaban J connectivity index is 0.000000405. The normalized spacial score (nSPS) is 8.94. The summed E-state index contributed by atoms with van der Waals surface area (Å²) < 4.78 is 0. The van der Waals surface area contributed by atoms with E-state index in [2.05, 4.69) is 6.92 Å². The summed E-state index contributed by atoms with van der Waals surface area (Å²) in [6, 6.07) is 17.6. The number of carbonyl (C=O) groups excluding carboxylic acids is 1. The Labute approximate surface area is 120 Å². The molecule has 0 saturated carbocycles. The molecule has 0 fully saturated rings. The van der Waals surface area contributed by atoms with E-state index in [9.17, 15) is 4.79 Å². The Morgan fingerprint density at radius 2 is 1.50 bits per heavy atom. The van der Waals surface area contributed by atoms with Crippen molar-refractivity contribution < 1.29 is 21.9 Å². The van der Waals surface area contributed by atoms with Crippen molar-refractivity contribution in [3.63, 3.8) is 0 Å². The Hall–Kier alpha value is -1.11. The van der Waals surface area contributed by atoms with E-state index in [-0.39, 0.29) is 22.9 Å². The molecule has 0 heterocycles. The van der Waals surface area contributed by atoms with Gasteiger partial charge >= 0.3 is 0 Å². The van der Waals surface area contributed by atoms with E-state index in [1.54, 1.807) is 0 Å². The molecule has 0 atom stereocenters. The molecule has 0 N–H and O–H groups in total. The third-order valence-corrected chi connectivity index (χ3v) is 2.55. The van der Waals surface area contributed by atoms with Gasteiger partial charge in [-0.3, -0.25) is 0 Å². The van der Waals surface area contributed by atoms with Crippen LogP contribution in [0.3, 0.4) is 0 Å². The third-order valence-electron chi connectivity index (χ3n) is 2.55. The second kappa shape index (κ2) is 11.0. The minimum absolute atomic E-state index is 0. The first-order chi connectivity index (χ1) is 8.34. The minimum Gasteiger partial charge on any atom is -0.748 e. The molecule has 2 aromatic carbocycles. The molecular formula is C16H20FeO-6. The number of hydrogen-bond acceptors (Lipinski definition) is 1. The van der Waals surface area contributed by atoms with Gasteiger partial charge in [0, 0.05) is 17.1 Å².